The lowest BCUT2D eigenvalue weighted by Gasteiger charge is -2.21. The predicted octanol–water partition coefficient (Wildman–Crippen LogP) is 3.70. The third kappa shape index (κ3) is 2.93. The van der Waals surface area contributed by atoms with Gasteiger partial charge in [0.25, 0.3) is 0 Å². The van der Waals surface area contributed by atoms with Crippen molar-refractivity contribution in [2.45, 2.75) is 20.3 Å². The lowest BCUT2D eigenvalue weighted by Crippen LogP contribution is -2.17. The molecule has 0 saturated carbocycles. The number of aryl methyl sites for hydroxylation is 1. The first-order valence-electron chi connectivity index (χ1n) is 6.16. The van der Waals surface area contributed by atoms with Gasteiger partial charge in [-0.3, -0.25) is 0 Å². The maximum absolute atomic E-state index is 11.1. The van der Waals surface area contributed by atoms with Crippen LogP contribution in [0, 0.1) is 6.92 Å². The van der Waals surface area contributed by atoms with Gasteiger partial charge in [-0.2, -0.15) is 0 Å². The van der Waals surface area contributed by atoms with Crippen molar-refractivity contribution in [1.29, 1.82) is 0 Å². The summed E-state index contributed by atoms with van der Waals surface area (Å²) in [6, 6.07) is 9.91. The molecule has 0 radical (unpaired) electrons. The van der Waals surface area contributed by atoms with Gasteiger partial charge in [-0.25, -0.2) is 9.78 Å². The van der Waals surface area contributed by atoms with Gasteiger partial charge in [-0.1, -0.05) is 36.5 Å². The highest BCUT2D eigenvalue weighted by atomic mass is 32.1. The quantitative estimate of drug-likeness (QED) is 0.904. The third-order valence-corrected chi connectivity index (χ3v) is 3.89. The highest BCUT2D eigenvalue weighted by molar-refractivity contribution is 7.17. The summed E-state index contributed by atoms with van der Waals surface area (Å²) in [5.74, 6) is -0.911. The fourth-order valence-corrected chi connectivity index (χ4v) is 2.82. The molecule has 0 saturated heterocycles. The second kappa shape index (κ2) is 5.84. The number of carbonyl (C=O) groups is 1. The number of anilines is 2. The number of carboxylic acid groups (broad SMARTS) is 1. The summed E-state index contributed by atoms with van der Waals surface area (Å²) in [6.07, 6.45) is 0.968. The summed E-state index contributed by atoms with van der Waals surface area (Å²) in [5, 5.41) is 9.85. The second-order valence-electron chi connectivity index (χ2n) is 4.20. The van der Waals surface area contributed by atoms with Gasteiger partial charge >= 0.3 is 5.97 Å². The molecule has 0 bridgehead atoms. The fraction of sp³-hybridized carbons (Fsp3) is 0.286. The molecular formula is C14H16N2O2S. The smallest absolute Gasteiger partial charge is 0.347 e. The molecule has 19 heavy (non-hydrogen) atoms. The molecule has 1 N–H and O–H groups in total. The lowest BCUT2D eigenvalue weighted by atomic mass is 10.3. The van der Waals surface area contributed by atoms with Crippen LogP contribution in [0.25, 0.3) is 0 Å². The van der Waals surface area contributed by atoms with E-state index in [9.17, 15) is 4.79 Å². The minimum atomic E-state index is -0.911. The molecule has 0 atom stereocenters. The predicted molar refractivity (Wildman–Crippen MR) is 77.5 cm³/mol. The van der Waals surface area contributed by atoms with Crippen LogP contribution in [0.4, 0.5) is 10.8 Å². The van der Waals surface area contributed by atoms with Crippen molar-refractivity contribution in [2.75, 3.05) is 11.4 Å². The molecule has 1 aromatic heterocycles. The second-order valence-corrected chi connectivity index (χ2v) is 5.18. The first-order chi connectivity index (χ1) is 9.13. The van der Waals surface area contributed by atoms with Crippen molar-refractivity contribution in [1.82, 2.24) is 4.98 Å². The summed E-state index contributed by atoms with van der Waals surface area (Å²) in [7, 11) is 0. The summed E-state index contributed by atoms with van der Waals surface area (Å²) >= 11 is 1.23. The highest BCUT2D eigenvalue weighted by Gasteiger charge is 2.18. The zero-order chi connectivity index (χ0) is 13.8. The Morgan fingerprint density at radius 2 is 2.05 bits per heavy atom. The molecule has 0 aliphatic rings. The molecule has 0 fully saturated rings. The van der Waals surface area contributed by atoms with E-state index in [0.29, 0.717) is 10.6 Å². The molecule has 0 aliphatic carbocycles. The van der Waals surface area contributed by atoms with E-state index >= 15 is 0 Å². The third-order valence-electron chi connectivity index (χ3n) is 2.73. The molecule has 0 aliphatic heterocycles. The highest BCUT2D eigenvalue weighted by Crippen LogP contribution is 2.31. The van der Waals surface area contributed by atoms with Gasteiger partial charge in [0.2, 0.25) is 0 Å². The van der Waals surface area contributed by atoms with E-state index in [1.807, 2.05) is 30.3 Å². The van der Waals surface area contributed by atoms with E-state index in [1.165, 1.54) is 11.3 Å². The molecular weight excluding hydrogens is 260 g/mol. The van der Waals surface area contributed by atoms with Gasteiger partial charge in [0, 0.05) is 12.2 Å². The number of hydrogen-bond acceptors (Lipinski definition) is 4. The van der Waals surface area contributed by atoms with Crippen molar-refractivity contribution >= 4 is 28.1 Å². The molecule has 0 unspecified atom stereocenters. The Labute approximate surface area is 116 Å². The maximum atomic E-state index is 11.1. The minimum absolute atomic E-state index is 0.312. The van der Waals surface area contributed by atoms with Gasteiger partial charge < -0.3 is 10.0 Å². The number of carboxylic acids is 1. The summed E-state index contributed by atoms with van der Waals surface area (Å²) in [4.78, 5) is 17.9. The van der Waals surface area contributed by atoms with E-state index in [1.54, 1.807) is 6.92 Å². The average molecular weight is 276 g/mol. The van der Waals surface area contributed by atoms with Crippen molar-refractivity contribution in [2.24, 2.45) is 0 Å². The van der Waals surface area contributed by atoms with Gasteiger partial charge in [-0.05, 0) is 25.5 Å². The van der Waals surface area contributed by atoms with Crippen molar-refractivity contribution in [3.8, 4) is 0 Å². The lowest BCUT2D eigenvalue weighted by molar-refractivity contribution is 0.0701. The van der Waals surface area contributed by atoms with Crippen LogP contribution in [0.3, 0.4) is 0 Å². The zero-order valence-corrected chi connectivity index (χ0v) is 11.8. The normalized spacial score (nSPS) is 10.4. The van der Waals surface area contributed by atoms with Crippen molar-refractivity contribution in [3.05, 3.63) is 40.9 Å². The van der Waals surface area contributed by atoms with Crippen LogP contribution in [0.2, 0.25) is 0 Å². The number of aromatic nitrogens is 1. The fourth-order valence-electron chi connectivity index (χ4n) is 1.86. The van der Waals surface area contributed by atoms with Gasteiger partial charge in [0.1, 0.15) is 4.88 Å². The van der Waals surface area contributed by atoms with Crippen LogP contribution in [0.5, 0.6) is 0 Å². The Hall–Kier alpha value is -1.88. The first kappa shape index (κ1) is 13.5. The Kier molecular flexibility index (Phi) is 4.16. The van der Waals surface area contributed by atoms with Crippen LogP contribution >= 0.6 is 11.3 Å². The topological polar surface area (TPSA) is 53.4 Å². The van der Waals surface area contributed by atoms with Crippen LogP contribution in [-0.4, -0.2) is 22.6 Å². The van der Waals surface area contributed by atoms with Crippen LogP contribution in [-0.2, 0) is 0 Å². The largest absolute Gasteiger partial charge is 0.477 e. The molecule has 100 valence electrons. The standard InChI is InChI=1S/C14H16N2O2S/c1-3-9-16(11-7-5-4-6-8-11)14-15-10(2)12(19-14)13(17)18/h4-8H,3,9H2,1-2H3,(H,17,18). The van der Waals surface area contributed by atoms with Crippen LogP contribution < -0.4 is 4.90 Å². The molecule has 2 rings (SSSR count). The SMILES string of the molecule is CCCN(c1ccccc1)c1nc(C)c(C(=O)O)s1. The average Bonchev–Trinajstić information content (AvgIpc) is 2.79. The number of para-hydroxylation sites is 1. The van der Waals surface area contributed by atoms with Gasteiger partial charge in [0.05, 0.1) is 5.69 Å². The Balaban J connectivity index is 2.40. The Morgan fingerprint density at radius 1 is 1.37 bits per heavy atom. The zero-order valence-electron chi connectivity index (χ0n) is 11.0. The van der Waals surface area contributed by atoms with Gasteiger partial charge in [-0.15, -0.1) is 0 Å². The molecule has 1 heterocycles. The molecule has 2 aromatic rings. The Morgan fingerprint density at radius 3 is 2.58 bits per heavy atom. The Bertz CT molecular complexity index is 566. The van der Waals surface area contributed by atoms with E-state index in [4.69, 9.17) is 5.11 Å². The molecule has 5 heteroatoms. The summed E-state index contributed by atoms with van der Waals surface area (Å²) < 4.78 is 0. The van der Waals surface area contributed by atoms with Crippen molar-refractivity contribution in [3.63, 3.8) is 0 Å². The van der Waals surface area contributed by atoms with E-state index in [2.05, 4.69) is 16.8 Å². The van der Waals surface area contributed by atoms with Crippen molar-refractivity contribution < 1.29 is 9.90 Å². The van der Waals surface area contributed by atoms with E-state index in [-0.39, 0.29) is 0 Å². The monoisotopic (exact) mass is 276 g/mol. The van der Waals surface area contributed by atoms with Crippen LogP contribution in [0.15, 0.2) is 30.3 Å². The first-order valence-corrected chi connectivity index (χ1v) is 6.98. The number of hydrogen-bond donors (Lipinski definition) is 1. The number of nitrogens with zero attached hydrogens (tertiary/aromatic N) is 2. The van der Waals surface area contributed by atoms with E-state index in [0.717, 1.165) is 23.8 Å². The molecule has 0 amide bonds. The number of thiazole rings is 1. The van der Waals surface area contributed by atoms with E-state index < -0.39 is 5.97 Å². The number of rotatable bonds is 5. The number of aromatic carboxylic acids is 1. The minimum Gasteiger partial charge on any atom is -0.477 e. The molecule has 1 aromatic carbocycles. The number of benzene rings is 1. The molecule has 0 spiro atoms. The van der Waals surface area contributed by atoms with Gasteiger partial charge in [0.15, 0.2) is 5.13 Å². The summed E-state index contributed by atoms with van der Waals surface area (Å²) in [6.45, 7) is 4.64. The maximum Gasteiger partial charge on any atom is 0.347 e. The molecule has 4 nitrogen and oxygen atoms in total. The van der Waals surface area contributed by atoms with Crippen LogP contribution in [0.1, 0.15) is 28.7 Å². The summed E-state index contributed by atoms with van der Waals surface area (Å²) in [5.41, 5.74) is 1.61.